The molecule has 4 rings (SSSR count). The first-order valence-electron chi connectivity index (χ1n) is 14.5. The second-order valence-electron chi connectivity index (χ2n) is 10.6. The van der Waals surface area contributed by atoms with Gasteiger partial charge in [-0.1, -0.05) is 42.0 Å². The Morgan fingerprint density at radius 2 is 1.61 bits per heavy atom. The minimum Gasteiger partial charge on any atom is -0.491 e. The molecule has 0 amide bonds. The smallest absolute Gasteiger partial charge is 0.341 e. The van der Waals surface area contributed by atoms with Crippen LogP contribution in [0.15, 0.2) is 83.8 Å². The van der Waals surface area contributed by atoms with E-state index in [0.29, 0.717) is 37.6 Å². The standard InChI is InChI=1S/C35H38FNO6S/c1-5-41-17-18-42-31-19-25(3)35(26(4)20-31)29-8-6-7-27(21-29)23-37-30-13-11-28(33(36)22-30)12-16-34(38)43-44(39,40)32-14-9-24(2)10-15-32/h6-11,13-15,19-22,37H,5,12,16-18,23H2,1-4H3. The molecule has 0 bridgehead atoms. The van der Waals surface area contributed by atoms with Crippen LogP contribution in [0.2, 0.25) is 0 Å². The monoisotopic (exact) mass is 619 g/mol. The number of ether oxygens (including phenoxy) is 2. The number of benzene rings is 4. The van der Waals surface area contributed by atoms with Gasteiger partial charge in [0.25, 0.3) is 0 Å². The topological polar surface area (TPSA) is 90.9 Å². The minimum atomic E-state index is -4.23. The highest BCUT2D eigenvalue weighted by Crippen LogP contribution is 2.32. The normalized spacial score (nSPS) is 11.3. The molecule has 4 aromatic carbocycles. The molecule has 9 heteroatoms. The van der Waals surface area contributed by atoms with Crippen molar-refractivity contribution in [1.29, 1.82) is 0 Å². The maximum absolute atomic E-state index is 14.9. The summed E-state index contributed by atoms with van der Waals surface area (Å²) in [5.41, 5.74) is 7.22. The Morgan fingerprint density at radius 3 is 2.30 bits per heavy atom. The van der Waals surface area contributed by atoms with E-state index in [9.17, 15) is 17.6 Å². The zero-order chi connectivity index (χ0) is 31.7. The Kier molecular flexibility index (Phi) is 11.1. The number of carbonyl (C=O) groups is 1. The van der Waals surface area contributed by atoms with Gasteiger partial charge in [0, 0.05) is 18.8 Å². The van der Waals surface area contributed by atoms with Crippen molar-refractivity contribution in [2.75, 3.05) is 25.1 Å². The zero-order valence-corrected chi connectivity index (χ0v) is 26.3. The van der Waals surface area contributed by atoms with E-state index in [0.717, 1.165) is 39.1 Å². The molecule has 0 spiro atoms. The molecule has 0 fully saturated rings. The third-order valence-electron chi connectivity index (χ3n) is 7.08. The SMILES string of the molecule is CCOCCOc1cc(C)c(-c2cccc(CNc3ccc(CCC(=O)OS(=O)(=O)c4ccc(C)cc4)c(F)c3)c2)c(C)c1. The molecule has 0 atom stereocenters. The molecule has 0 aromatic heterocycles. The quantitative estimate of drug-likeness (QED) is 0.117. The maximum Gasteiger partial charge on any atom is 0.341 e. The highest BCUT2D eigenvalue weighted by Gasteiger charge is 2.20. The number of halogens is 1. The highest BCUT2D eigenvalue weighted by molar-refractivity contribution is 7.87. The molecule has 0 radical (unpaired) electrons. The highest BCUT2D eigenvalue weighted by atomic mass is 32.2. The Hall–Kier alpha value is -4.21. The summed E-state index contributed by atoms with van der Waals surface area (Å²) in [6.45, 7) is 10.1. The molecule has 1 N–H and O–H groups in total. The van der Waals surface area contributed by atoms with Crippen molar-refractivity contribution < 1.29 is 31.3 Å². The number of carbonyl (C=O) groups excluding carboxylic acids is 1. The predicted molar refractivity (Wildman–Crippen MR) is 170 cm³/mol. The van der Waals surface area contributed by atoms with Crippen LogP contribution >= 0.6 is 0 Å². The molecule has 4 aromatic rings. The lowest BCUT2D eigenvalue weighted by atomic mass is 9.94. The summed E-state index contributed by atoms with van der Waals surface area (Å²) in [5, 5.41) is 3.25. The van der Waals surface area contributed by atoms with Gasteiger partial charge in [0.15, 0.2) is 0 Å². The van der Waals surface area contributed by atoms with Gasteiger partial charge in [0.05, 0.1) is 13.0 Å². The Labute approximate surface area is 259 Å². The second-order valence-corrected chi connectivity index (χ2v) is 12.1. The number of aryl methyl sites for hydroxylation is 4. The number of hydrogen-bond acceptors (Lipinski definition) is 7. The lowest BCUT2D eigenvalue weighted by Gasteiger charge is -2.15. The van der Waals surface area contributed by atoms with E-state index in [1.165, 1.54) is 18.2 Å². The summed E-state index contributed by atoms with van der Waals surface area (Å²) in [6.07, 6.45) is -0.272. The lowest BCUT2D eigenvalue weighted by Crippen LogP contribution is -2.14. The molecule has 7 nitrogen and oxygen atoms in total. The van der Waals surface area contributed by atoms with E-state index >= 15 is 0 Å². The number of nitrogens with one attached hydrogen (secondary N) is 1. The van der Waals surface area contributed by atoms with Crippen LogP contribution in [0.25, 0.3) is 11.1 Å². The molecule has 0 aliphatic heterocycles. The molecule has 232 valence electrons. The van der Waals surface area contributed by atoms with Gasteiger partial charge in [0.1, 0.15) is 23.1 Å². The molecule has 44 heavy (non-hydrogen) atoms. The Balaban J connectivity index is 1.33. The van der Waals surface area contributed by atoms with E-state index in [-0.39, 0.29) is 17.7 Å². The van der Waals surface area contributed by atoms with Crippen molar-refractivity contribution in [3.8, 4) is 16.9 Å². The van der Waals surface area contributed by atoms with Crippen molar-refractivity contribution in [2.24, 2.45) is 0 Å². The number of anilines is 1. The van der Waals surface area contributed by atoms with Crippen molar-refractivity contribution in [3.05, 3.63) is 112 Å². The van der Waals surface area contributed by atoms with Gasteiger partial charge in [-0.25, -0.2) is 4.39 Å². The average molecular weight is 620 g/mol. The zero-order valence-electron chi connectivity index (χ0n) is 25.5. The maximum atomic E-state index is 14.9. The van der Waals surface area contributed by atoms with Crippen molar-refractivity contribution in [3.63, 3.8) is 0 Å². The summed E-state index contributed by atoms with van der Waals surface area (Å²) in [6, 6.07) is 22.9. The van der Waals surface area contributed by atoms with Gasteiger partial charge < -0.3 is 19.0 Å². The number of hydrogen-bond donors (Lipinski definition) is 1. The predicted octanol–water partition coefficient (Wildman–Crippen LogP) is 7.31. The largest absolute Gasteiger partial charge is 0.491 e. The van der Waals surface area contributed by atoms with E-state index in [1.54, 1.807) is 24.3 Å². The van der Waals surface area contributed by atoms with Crippen molar-refractivity contribution >= 4 is 21.8 Å². The van der Waals surface area contributed by atoms with Crippen molar-refractivity contribution in [1.82, 2.24) is 0 Å². The fourth-order valence-electron chi connectivity index (χ4n) is 4.88. The van der Waals surface area contributed by atoms with Crippen molar-refractivity contribution in [2.45, 2.75) is 52.0 Å². The molecule has 0 unspecified atom stereocenters. The van der Waals surface area contributed by atoms with Crippen LogP contribution in [0.5, 0.6) is 5.75 Å². The first-order chi connectivity index (χ1) is 21.1. The summed E-state index contributed by atoms with van der Waals surface area (Å²) < 4.78 is 55.4. The Bertz CT molecular complexity index is 1680. The third-order valence-corrected chi connectivity index (χ3v) is 8.34. The molecular formula is C35H38FNO6S. The van der Waals surface area contributed by atoms with Crippen LogP contribution in [0.4, 0.5) is 10.1 Å². The van der Waals surface area contributed by atoms with Gasteiger partial charge in [-0.3, -0.25) is 4.79 Å². The van der Waals surface area contributed by atoms with Gasteiger partial charge in [0.2, 0.25) is 0 Å². The molecule has 0 aliphatic carbocycles. The first kappa shape index (κ1) is 32.7. The average Bonchev–Trinajstić information content (AvgIpc) is 2.98. The first-order valence-corrected chi connectivity index (χ1v) is 15.9. The third kappa shape index (κ3) is 8.90. The lowest BCUT2D eigenvalue weighted by molar-refractivity contribution is -0.133. The van der Waals surface area contributed by atoms with Gasteiger partial charge in [-0.05, 0) is 110 Å². The minimum absolute atomic E-state index is 0.00542. The summed E-state index contributed by atoms with van der Waals surface area (Å²) in [5.74, 6) is -0.620. The Morgan fingerprint density at radius 1 is 0.886 bits per heavy atom. The van der Waals surface area contributed by atoms with Gasteiger partial charge >= 0.3 is 16.1 Å². The summed E-state index contributed by atoms with van der Waals surface area (Å²) in [7, 11) is -4.23. The fourth-order valence-corrected chi connectivity index (χ4v) is 5.77. The molecule has 0 aliphatic rings. The van der Waals surface area contributed by atoms with Crippen LogP contribution in [-0.4, -0.2) is 34.2 Å². The van der Waals surface area contributed by atoms with Crippen LogP contribution in [0.3, 0.4) is 0 Å². The molecule has 0 saturated carbocycles. The van der Waals surface area contributed by atoms with Crippen LogP contribution < -0.4 is 10.1 Å². The van der Waals surface area contributed by atoms with Gasteiger partial charge in [-0.15, -0.1) is 0 Å². The fraction of sp³-hybridized carbons (Fsp3) is 0.286. The van der Waals surface area contributed by atoms with Crippen LogP contribution in [0, 0.1) is 26.6 Å². The summed E-state index contributed by atoms with van der Waals surface area (Å²) in [4.78, 5) is 12.1. The van der Waals surface area contributed by atoms with Crippen LogP contribution in [0.1, 0.15) is 41.2 Å². The van der Waals surface area contributed by atoms with Crippen LogP contribution in [-0.2, 0) is 36.8 Å². The van der Waals surface area contributed by atoms with E-state index in [4.69, 9.17) is 13.7 Å². The van der Waals surface area contributed by atoms with Gasteiger partial charge in [-0.2, -0.15) is 8.42 Å². The summed E-state index contributed by atoms with van der Waals surface area (Å²) >= 11 is 0. The molecule has 0 saturated heterocycles. The molecular weight excluding hydrogens is 581 g/mol. The number of rotatable bonds is 14. The van der Waals surface area contributed by atoms with E-state index < -0.39 is 21.9 Å². The molecule has 0 heterocycles. The van der Waals surface area contributed by atoms with E-state index in [1.807, 2.05) is 38.1 Å². The second kappa shape index (κ2) is 15.0. The van der Waals surface area contributed by atoms with E-state index in [2.05, 4.69) is 31.3 Å².